The number of rotatable bonds is 4. The molecule has 2 aromatic rings. The molecule has 0 amide bonds. The van der Waals surface area contributed by atoms with E-state index in [9.17, 15) is 27.9 Å². The molecule has 0 saturated carbocycles. The normalized spacial score (nSPS) is 19.3. The summed E-state index contributed by atoms with van der Waals surface area (Å²) in [4.78, 5) is 27.7. The predicted molar refractivity (Wildman–Crippen MR) is 78.5 cm³/mol. The highest BCUT2D eigenvalue weighted by Gasteiger charge is 2.64. The number of carbonyl (C=O) groups excluding carboxylic acids is 2. The van der Waals surface area contributed by atoms with Crippen LogP contribution >= 0.6 is 0 Å². The molecule has 1 atom stereocenters. The van der Waals surface area contributed by atoms with E-state index in [2.05, 4.69) is 15.5 Å². The number of nitrogens with one attached hydrogen (secondary N) is 1. The zero-order chi connectivity index (χ0) is 19.1. The fourth-order valence-corrected chi connectivity index (χ4v) is 2.35. The van der Waals surface area contributed by atoms with Crippen LogP contribution in [0, 0.1) is 0 Å². The molecule has 0 radical (unpaired) electrons. The number of esters is 1. The third-order valence-electron chi connectivity index (χ3n) is 3.54. The van der Waals surface area contributed by atoms with E-state index in [-0.39, 0.29) is 11.2 Å². The second-order valence-electron chi connectivity index (χ2n) is 5.08. The standard InChI is InChI=1S/C14H11F3N4O5/c1-2-25-12(23)8-11-20-19-10(9(22)7-4-3-5-26-7)13(24,14(15,16)17)21(11)6-18-8/h3-6,20,24H,2H2,1H3. The van der Waals surface area contributed by atoms with Crippen molar-refractivity contribution in [2.24, 2.45) is 5.10 Å². The molecule has 9 nitrogen and oxygen atoms in total. The lowest BCUT2D eigenvalue weighted by Gasteiger charge is -2.35. The van der Waals surface area contributed by atoms with Crippen LogP contribution in [0.25, 0.3) is 0 Å². The van der Waals surface area contributed by atoms with Gasteiger partial charge in [-0.15, -0.1) is 0 Å². The Morgan fingerprint density at radius 3 is 2.77 bits per heavy atom. The number of anilines is 1. The number of hydrazone groups is 1. The number of Topliss-reactive ketones (excluding diaryl/α,β-unsaturated/α-hetero) is 1. The van der Waals surface area contributed by atoms with Crippen molar-refractivity contribution in [1.82, 2.24) is 9.55 Å². The minimum absolute atomic E-state index is 0.0415. The summed E-state index contributed by atoms with van der Waals surface area (Å²) in [5.41, 5.74) is -3.55. The zero-order valence-corrected chi connectivity index (χ0v) is 13.1. The van der Waals surface area contributed by atoms with Crippen molar-refractivity contribution >= 4 is 23.3 Å². The number of imidazole rings is 1. The molecule has 2 aromatic heterocycles. The largest absolute Gasteiger partial charge is 0.461 e. The molecule has 0 bridgehead atoms. The van der Waals surface area contributed by atoms with E-state index in [1.807, 2.05) is 0 Å². The van der Waals surface area contributed by atoms with E-state index < -0.39 is 46.6 Å². The van der Waals surface area contributed by atoms with E-state index in [1.165, 1.54) is 13.0 Å². The number of aliphatic hydroxyl groups is 1. The summed E-state index contributed by atoms with van der Waals surface area (Å²) in [6.07, 6.45) is -3.72. The van der Waals surface area contributed by atoms with Crippen LogP contribution in [0.5, 0.6) is 0 Å². The first kappa shape index (κ1) is 17.7. The maximum atomic E-state index is 13.7. The summed E-state index contributed by atoms with van der Waals surface area (Å²) >= 11 is 0. The van der Waals surface area contributed by atoms with E-state index in [0.29, 0.717) is 6.33 Å². The predicted octanol–water partition coefficient (Wildman–Crippen LogP) is 1.52. The number of nitrogens with zero attached hydrogens (tertiary/aromatic N) is 3. The summed E-state index contributed by atoms with van der Waals surface area (Å²) in [5, 5.41) is 13.8. The van der Waals surface area contributed by atoms with Gasteiger partial charge in [-0.1, -0.05) is 0 Å². The highest BCUT2D eigenvalue weighted by atomic mass is 19.4. The van der Waals surface area contributed by atoms with Crippen LogP contribution in [0.2, 0.25) is 0 Å². The van der Waals surface area contributed by atoms with Gasteiger partial charge in [0.1, 0.15) is 6.33 Å². The number of fused-ring (bicyclic) bond motifs is 1. The van der Waals surface area contributed by atoms with Crippen LogP contribution in [0.15, 0.2) is 34.2 Å². The summed E-state index contributed by atoms with van der Waals surface area (Å²) < 4.78 is 50.8. The molecule has 1 aliphatic rings. The number of carbonyl (C=O) groups is 2. The highest BCUT2D eigenvalue weighted by Crippen LogP contribution is 2.41. The smallest absolute Gasteiger partial charge is 0.443 e. The molecule has 3 heterocycles. The Morgan fingerprint density at radius 1 is 1.46 bits per heavy atom. The molecule has 1 unspecified atom stereocenters. The summed E-state index contributed by atoms with van der Waals surface area (Å²) in [5.74, 6) is -3.34. The lowest BCUT2D eigenvalue weighted by Crippen LogP contribution is -2.58. The molecule has 0 aromatic carbocycles. The van der Waals surface area contributed by atoms with Crippen molar-refractivity contribution in [3.63, 3.8) is 0 Å². The number of hydrogen-bond donors (Lipinski definition) is 2. The van der Waals surface area contributed by atoms with E-state index in [0.717, 1.165) is 12.3 Å². The topological polar surface area (TPSA) is 119 Å². The van der Waals surface area contributed by atoms with Gasteiger partial charge in [-0.3, -0.25) is 14.8 Å². The van der Waals surface area contributed by atoms with Crippen molar-refractivity contribution in [1.29, 1.82) is 0 Å². The first-order valence-corrected chi connectivity index (χ1v) is 7.18. The van der Waals surface area contributed by atoms with Gasteiger partial charge in [0.05, 0.1) is 12.9 Å². The minimum atomic E-state index is -5.36. The molecule has 0 spiro atoms. The van der Waals surface area contributed by atoms with Gasteiger partial charge >= 0.3 is 12.1 Å². The maximum absolute atomic E-state index is 13.7. The SMILES string of the molecule is CCOC(=O)c1ncn2c1NN=C(C(=O)c1ccco1)C2(O)C(F)(F)F. The van der Waals surface area contributed by atoms with Crippen LogP contribution in [0.4, 0.5) is 19.0 Å². The Bertz CT molecular complexity index is 887. The molecule has 12 heteroatoms. The van der Waals surface area contributed by atoms with Crippen molar-refractivity contribution in [3.8, 4) is 0 Å². The number of aromatic nitrogens is 2. The van der Waals surface area contributed by atoms with Gasteiger partial charge in [-0.05, 0) is 19.1 Å². The Morgan fingerprint density at radius 2 is 2.19 bits per heavy atom. The van der Waals surface area contributed by atoms with E-state index in [4.69, 9.17) is 9.15 Å². The number of ether oxygens (including phenoxy) is 1. The Hall–Kier alpha value is -3.15. The maximum Gasteiger partial charge on any atom is 0.443 e. The van der Waals surface area contributed by atoms with Gasteiger partial charge in [-0.25, -0.2) is 9.78 Å². The van der Waals surface area contributed by atoms with Gasteiger partial charge in [0.15, 0.2) is 23.0 Å². The summed E-state index contributed by atoms with van der Waals surface area (Å²) in [6, 6.07) is 2.41. The summed E-state index contributed by atoms with van der Waals surface area (Å²) in [7, 11) is 0. The monoisotopic (exact) mass is 372 g/mol. The average Bonchev–Trinajstić information content (AvgIpc) is 3.24. The van der Waals surface area contributed by atoms with Gasteiger partial charge in [0.25, 0.3) is 5.72 Å². The molecular weight excluding hydrogens is 361 g/mol. The Kier molecular flexibility index (Phi) is 4.06. The minimum Gasteiger partial charge on any atom is -0.461 e. The van der Waals surface area contributed by atoms with Gasteiger partial charge in [0, 0.05) is 0 Å². The van der Waals surface area contributed by atoms with Crippen LogP contribution in [0.1, 0.15) is 28.0 Å². The zero-order valence-electron chi connectivity index (χ0n) is 13.1. The molecule has 2 N–H and O–H groups in total. The lowest BCUT2D eigenvalue weighted by molar-refractivity contribution is -0.264. The van der Waals surface area contributed by atoms with Crippen molar-refractivity contribution in [2.45, 2.75) is 18.8 Å². The van der Waals surface area contributed by atoms with Crippen LogP contribution in [0.3, 0.4) is 0 Å². The second kappa shape index (κ2) is 5.98. The lowest BCUT2D eigenvalue weighted by atomic mass is 10.00. The van der Waals surface area contributed by atoms with Gasteiger partial charge in [0.2, 0.25) is 5.78 Å². The third kappa shape index (κ3) is 2.45. The van der Waals surface area contributed by atoms with Crippen LogP contribution in [-0.4, -0.2) is 44.9 Å². The summed E-state index contributed by atoms with van der Waals surface area (Å²) in [6.45, 7) is 1.46. The third-order valence-corrected chi connectivity index (χ3v) is 3.54. The molecule has 138 valence electrons. The fraction of sp³-hybridized carbons (Fsp3) is 0.286. The number of halogens is 3. The number of hydrogen-bond acceptors (Lipinski definition) is 8. The average molecular weight is 372 g/mol. The molecular formula is C14H11F3N4O5. The fourth-order valence-electron chi connectivity index (χ4n) is 2.35. The Labute approximate surface area is 143 Å². The number of alkyl halides is 3. The van der Waals surface area contributed by atoms with Crippen LogP contribution < -0.4 is 5.43 Å². The second-order valence-corrected chi connectivity index (χ2v) is 5.08. The number of ketones is 1. The number of furan rings is 1. The molecule has 1 aliphatic heterocycles. The van der Waals surface area contributed by atoms with Gasteiger partial charge in [-0.2, -0.15) is 18.3 Å². The molecule has 0 aliphatic carbocycles. The highest BCUT2D eigenvalue weighted by molar-refractivity contribution is 6.47. The van der Waals surface area contributed by atoms with Crippen molar-refractivity contribution < 1.29 is 37.0 Å². The van der Waals surface area contributed by atoms with E-state index in [1.54, 1.807) is 0 Å². The quantitative estimate of drug-likeness (QED) is 0.617. The van der Waals surface area contributed by atoms with Crippen LogP contribution in [-0.2, 0) is 10.5 Å². The molecule has 3 rings (SSSR count). The van der Waals surface area contributed by atoms with Crippen molar-refractivity contribution in [3.05, 3.63) is 36.2 Å². The first-order valence-electron chi connectivity index (χ1n) is 7.18. The molecule has 0 fully saturated rings. The van der Waals surface area contributed by atoms with Crippen molar-refractivity contribution in [2.75, 3.05) is 12.0 Å². The Balaban J connectivity index is 2.14. The molecule has 26 heavy (non-hydrogen) atoms. The molecule has 0 saturated heterocycles. The first-order chi connectivity index (χ1) is 12.2. The van der Waals surface area contributed by atoms with E-state index >= 15 is 0 Å². The van der Waals surface area contributed by atoms with Gasteiger partial charge < -0.3 is 14.3 Å².